The van der Waals surface area contributed by atoms with Crippen molar-refractivity contribution in [3.05, 3.63) is 27.7 Å². The van der Waals surface area contributed by atoms with Gasteiger partial charge in [0.1, 0.15) is 5.75 Å². The van der Waals surface area contributed by atoms with Crippen LogP contribution in [-0.2, 0) is 23.0 Å². The van der Waals surface area contributed by atoms with E-state index in [4.69, 9.17) is 9.47 Å². The fourth-order valence-electron chi connectivity index (χ4n) is 4.56. The molecule has 2 heterocycles. The second-order valence-corrected chi connectivity index (χ2v) is 8.28. The largest absolute Gasteiger partial charge is 0.495 e. The van der Waals surface area contributed by atoms with Crippen LogP contribution in [0.2, 0.25) is 0 Å². The number of hydrogen-bond donors (Lipinski definition) is 2. The Kier molecular flexibility index (Phi) is 7.11. The first-order chi connectivity index (χ1) is 13.1. The SMILES string of the molecule is CCC1CCC(OCC2C(N[SH]=O)CCc3c(OC)cc(C)c(=O)n32)CC1. The standard InChI is InChI=1S/C20H32N2O4S/c1-4-14-5-7-15(8-6-14)26-12-18-16(21-27-24)9-10-17-19(25-3)11-13(2)20(23)22(17)18/h11,14-16,18,27H,4-10,12H2,1-3H3,(H,21,24). The third-order valence-corrected chi connectivity index (χ3v) is 6.72. The molecule has 0 aromatic carbocycles. The Hall–Kier alpha value is -1.18. The predicted molar refractivity (Wildman–Crippen MR) is 108 cm³/mol. The Morgan fingerprint density at radius 1 is 1.26 bits per heavy atom. The second kappa shape index (κ2) is 9.34. The van der Waals surface area contributed by atoms with Crippen molar-refractivity contribution in [2.24, 2.45) is 5.92 Å². The molecule has 2 aliphatic rings. The van der Waals surface area contributed by atoms with E-state index in [0.29, 0.717) is 18.6 Å². The molecule has 1 aliphatic heterocycles. The van der Waals surface area contributed by atoms with Gasteiger partial charge in [0.2, 0.25) is 0 Å². The first-order valence-electron chi connectivity index (χ1n) is 10.1. The molecule has 1 aromatic heterocycles. The lowest BCUT2D eigenvalue weighted by Gasteiger charge is -2.37. The van der Waals surface area contributed by atoms with Crippen LogP contribution < -0.4 is 15.0 Å². The molecule has 7 heteroatoms. The van der Waals surface area contributed by atoms with Crippen LogP contribution in [0.4, 0.5) is 0 Å². The smallest absolute Gasteiger partial charge is 0.254 e. The third-order valence-electron chi connectivity index (χ3n) is 6.28. The molecular weight excluding hydrogens is 364 g/mol. The fourth-order valence-corrected chi connectivity index (χ4v) is 5.00. The van der Waals surface area contributed by atoms with E-state index in [-0.39, 0.29) is 35.6 Å². The minimum Gasteiger partial charge on any atom is -0.495 e. The van der Waals surface area contributed by atoms with E-state index in [1.54, 1.807) is 7.11 Å². The van der Waals surface area contributed by atoms with Crippen molar-refractivity contribution >= 4 is 11.9 Å². The number of nitrogens with zero attached hydrogens (tertiary/aromatic N) is 1. The molecule has 0 radical (unpaired) electrons. The minimum absolute atomic E-state index is 0.0110. The highest BCUT2D eigenvalue weighted by Gasteiger charge is 2.33. The number of methoxy groups -OCH3 is 1. The number of pyridine rings is 1. The van der Waals surface area contributed by atoms with Gasteiger partial charge in [0, 0.05) is 11.6 Å². The summed E-state index contributed by atoms with van der Waals surface area (Å²) in [5, 5.41) is 0. The number of nitrogens with one attached hydrogen (secondary N) is 1. The molecule has 3 rings (SSSR count). The molecule has 1 aromatic rings. The average molecular weight is 397 g/mol. The lowest BCUT2D eigenvalue weighted by Crippen LogP contribution is -2.47. The van der Waals surface area contributed by atoms with Crippen LogP contribution in [-0.4, -0.2) is 34.6 Å². The summed E-state index contributed by atoms with van der Waals surface area (Å²) in [6.45, 7) is 4.52. The highest BCUT2D eigenvalue weighted by atomic mass is 32.2. The van der Waals surface area contributed by atoms with Gasteiger partial charge in [-0.05, 0) is 57.4 Å². The minimum atomic E-state index is -0.180. The molecule has 2 unspecified atom stereocenters. The van der Waals surface area contributed by atoms with E-state index in [9.17, 15) is 9.00 Å². The van der Waals surface area contributed by atoms with Gasteiger partial charge in [-0.15, -0.1) is 0 Å². The van der Waals surface area contributed by atoms with Crippen LogP contribution in [0.25, 0.3) is 0 Å². The molecule has 0 saturated heterocycles. The van der Waals surface area contributed by atoms with E-state index >= 15 is 0 Å². The number of thiol groups is 1. The molecule has 1 saturated carbocycles. The lowest BCUT2D eigenvalue weighted by molar-refractivity contribution is -0.00699. The van der Waals surface area contributed by atoms with Crippen LogP contribution in [0.3, 0.4) is 0 Å². The average Bonchev–Trinajstić information content (AvgIpc) is 2.70. The van der Waals surface area contributed by atoms with Crippen LogP contribution >= 0.6 is 0 Å². The number of hydrogen-bond acceptors (Lipinski definition) is 4. The van der Waals surface area contributed by atoms with Gasteiger partial charge in [-0.25, -0.2) is 8.93 Å². The Morgan fingerprint density at radius 2 is 2.00 bits per heavy atom. The second-order valence-electron chi connectivity index (χ2n) is 7.83. The molecule has 1 N–H and O–H groups in total. The van der Waals surface area contributed by atoms with Crippen LogP contribution in [0, 0.1) is 12.8 Å². The zero-order valence-corrected chi connectivity index (χ0v) is 17.5. The number of rotatable bonds is 7. The van der Waals surface area contributed by atoms with E-state index in [0.717, 1.165) is 36.6 Å². The Balaban J connectivity index is 1.82. The third kappa shape index (κ3) is 4.46. The van der Waals surface area contributed by atoms with Crippen molar-refractivity contribution in [3.8, 4) is 5.75 Å². The Morgan fingerprint density at radius 3 is 2.63 bits per heavy atom. The Labute approximate surface area is 165 Å². The van der Waals surface area contributed by atoms with Gasteiger partial charge in [0.25, 0.3) is 5.56 Å². The fraction of sp³-hybridized carbons (Fsp3) is 0.750. The Bertz CT molecular complexity index is 713. The van der Waals surface area contributed by atoms with Crippen molar-refractivity contribution in [2.45, 2.75) is 77.0 Å². The molecular formula is C20H32N2O4S. The summed E-state index contributed by atoms with van der Waals surface area (Å²) >= 11 is -0.111. The zero-order chi connectivity index (χ0) is 19.4. The van der Waals surface area contributed by atoms with Gasteiger partial charge in [-0.1, -0.05) is 13.3 Å². The quantitative estimate of drug-likeness (QED) is 0.695. The maximum Gasteiger partial charge on any atom is 0.254 e. The maximum atomic E-state index is 12.9. The molecule has 1 aliphatic carbocycles. The van der Waals surface area contributed by atoms with E-state index in [1.165, 1.54) is 19.3 Å². The van der Waals surface area contributed by atoms with Crippen molar-refractivity contribution in [2.75, 3.05) is 13.7 Å². The van der Waals surface area contributed by atoms with Gasteiger partial charge in [-0.2, -0.15) is 0 Å². The van der Waals surface area contributed by atoms with Gasteiger partial charge >= 0.3 is 0 Å². The zero-order valence-electron chi connectivity index (χ0n) is 16.6. The molecule has 0 amide bonds. The highest BCUT2D eigenvalue weighted by Crippen LogP contribution is 2.32. The van der Waals surface area contributed by atoms with E-state index < -0.39 is 0 Å². The van der Waals surface area contributed by atoms with Crippen molar-refractivity contribution in [1.29, 1.82) is 0 Å². The molecule has 0 spiro atoms. The van der Waals surface area contributed by atoms with Crippen molar-refractivity contribution in [1.82, 2.24) is 9.29 Å². The van der Waals surface area contributed by atoms with Gasteiger partial charge in [0.05, 0.1) is 43.4 Å². The molecule has 6 nitrogen and oxygen atoms in total. The highest BCUT2D eigenvalue weighted by molar-refractivity contribution is 7.63. The van der Waals surface area contributed by atoms with Crippen molar-refractivity contribution < 1.29 is 13.7 Å². The summed E-state index contributed by atoms with van der Waals surface area (Å²) in [6.07, 6.45) is 7.61. The topological polar surface area (TPSA) is 69.6 Å². The molecule has 1 fully saturated rings. The van der Waals surface area contributed by atoms with E-state index in [1.807, 2.05) is 17.6 Å². The summed E-state index contributed by atoms with van der Waals surface area (Å²) in [7, 11) is 1.64. The summed E-state index contributed by atoms with van der Waals surface area (Å²) in [4.78, 5) is 12.9. The first-order valence-corrected chi connectivity index (χ1v) is 10.9. The number of aryl methyl sites for hydroxylation is 1. The van der Waals surface area contributed by atoms with Crippen molar-refractivity contribution in [3.63, 3.8) is 0 Å². The number of aromatic nitrogens is 1. The normalized spacial score (nSPS) is 28.0. The summed E-state index contributed by atoms with van der Waals surface area (Å²) in [5.41, 5.74) is 1.56. The monoisotopic (exact) mass is 396 g/mol. The molecule has 27 heavy (non-hydrogen) atoms. The van der Waals surface area contributed by atoms with Gasteiger partial charge in [0.15, 0.2) is 0 Å². The molecule has 0 bridgehead atoms. The summed E-state index contributed by atoms with van der Waals surface area (Å²) in [6, 6.07) is 1.57. The predicted octanol–water partition coefficient (Wildman–Crippen LogP) is 2.46. The van der Waals surface area contributed by atoms with E-state index in [2.05, 4.69) is 11.6 Å². The number of ether oxygens (including phenoxy) is 2. The van der Waals surface area contributed by atoms with Crippen LogP contribution in [0.1, 0.15) is 62.7 Å². The first kappa shape index (κ1) is 20.6. The molecule has 2 atom stereocenters. The lowest BCUT2D eigenvalue weighted by atomic mass is 9.86. The summed E-state index contributed by atoms with van der Waals surface area (Å²) < 4.78 is 27.8. The maximum absolute atomic E-state index is 12.9. The van der Waals surface area contributed by atoms with Gasteiger partial charge < -0.3 is 14.0 Å². The van der Waals surface area contributed by atoms with Crippen LogP contribution in [0.15, 0.2) is 10.9 Å². The van der Waals surface area contributed by atoms with Gasteiger partial charge in [-0.3, -0.25) is 4.79 Å². The number of fused-ring (bicyclic) bond motifs is 1. The summed E-state index contributed by atoms with van der Waals surface area (Å²) in [5.74, 6) is 1.57. The van der Waals surface area contributed by atoms with Crippen LogP contribution in [0.5, 0.6) is 5.75 Å². The molecule has 152 valence electrons.